The van der Waals surface area contributed by atoms with Crippen LogP contribution >= 0.6 is 27.5 Å². The van der Waals surface area contributed by atoms with Gasteiger partial charge in [0.1, 0.15) is 5.82 Å². The number of nitrogens with zero attached hydrogens (tertiary/aromatic N) is 2. The number of rotatable bonds is 3. The summed E-state index contributed by atoms with van der Waals surface area (Å²) in [7, 11) is 0. The standard InChI is InChI=1S/C18H17BrClN3O2/c19-14-5-8-16(21-10-14)22-17(24)13-2-1-9-23(11-13)18(25)12-3-6-15(20)7-4-12/h3-8,10,13H,1-2,9,11H2,(H,21,22,24). The molecule has 2 amide bonds. The van der Waals surface area contributed by atoms with Crippen LogP contribution in [0.1, 0.15) is 23.2 Å². The van der Waals surface area contributed by atoms with Crippen molar-refractivity contribution in [1.29, 1.82) is 0 Å². The summed E-state index contributed by atoms with van der Waals surface area (Å²) in [6, 6.07) is 10.4. The van der Waals surface area contributed by atoms with Crippen molar-refractivity contribution in [1.82, 2.24) is 9.88 Å². The average molecular weight is 423 g/mol. The van der Waals surface area contributed by atoms with Gasteiger partial charge in [-0.1, -0.05) is 11.6 Å². The predicted octanol–water partition coefficient (Wildman–Crippen LogP) is 3.99. The fourth-order valence-electron chi connectivity index (χ4n) is 2.83. The van der Waals surface area contributed by atoms with E-state index in [1.807, 2.05) is 6.07 Å². The van der Waals surface area contributed by atoms with Crippen molar-refractivity contribution in [3.8, 4) is 0 Å². The molecule has 1 aromatic carbocycles. The van der Waals surface area contributed by atoms with Crippen LogP contribution in [0.3, 0.4) is 0 Å². The highest BCUT2D eigenvalue weighted by Crippen LogP contribution is 2.21. The summed E-state index contributed by atoms with van der Waals surface area (Å²) in [5.74, 6) is 0.0872. The molecule has 5 nitrogen and oxygen atoms in total. The Morgan fingerprint density at radius 3 is 2.64 bits per heavy atom. The van der Waals surface area contributed by atoms with Crippen molar-refractivity contribution in [3.63, 3.8) is 0 Å². The first kappa shape index (κ1) is 17.9. The summed E-state index contributed by atoms with van der Waals surface area (Å²) in [5, 5.41) is 3.41. The largest absolute Gasteiger partial charge is 0.338 e. The number of aromatic nitrogens is 1. The number of amides is 2. The van der Waals surface area contributed by atoms with E-state index in [9.17, 15) is 9.59 Å². The molecule has 1 N–H and O–H groups in total. The molecule has 0 aliphatic carbocycles. The Kier molecular flexibility index (Phi) is 5.71. The molecule has 1 unspecified atom stereocenters. The van der Waals surface area contributed by atoms with Gasteiger partial charge in [0.15, 0.2) is 0 Å². The van der Waals surface area contributed by atoms with E-state index >= 15 is 0 Å². The first-order valence-corrected chi connectivity index (χ1v) is 9.17. The Balaban J connectivity index is 1.63. The fourth-order valence-corrected chi connectivity index (χ4v) is 3.19. The molecule has 1 aromatic heterocycles. The van der Waals surface area contributed by atoms with Crippen LogP contribution in [0.25, 0.3) is 0 Å². The second-order valence-electron chi connectivity index (χ2n) is 5.95. The van der Waals surface area contributed by atoms with Crippen LogP contribution < -0.4 is 5.32 Å². The SMILES string of the molecule is O=C(Nc1ccc(Br)cn1)C1CCCN(C(=O)c2ccc(Cl)cc2)C1. The maximum absolute atomic E-state index is 12.6. The Morgan fingerprint density at radius 1 is 1.20 bits per heavy atom. The van der Waals surface area contributed by atoms with E-state index in [1.165, 1.54) is 0 Å². The third kappa shape index (κ3) is 4.58. The minimum absolute atomic E-state index is 0.0732. The minimum atomic E-state index is -0.240. The van der Waals surface area contributed by atoms with Crippen LogP contribution in [0.4, 0.5) is 5.82 Å². The molecule has 1 aliphatic rings. The predicted molar refractivity (Wildman–Crippen MR) is 101 cm³/mol. The Morgan fingerprint density at radius 2 is 1.96 bits per heavy atom. The number of hydrogen-bond acceptors (Lipinski definition) is 3. The second kappa shape index (κ2) is 7.97. The minimum Gasteiger partial charge on any atom is -0.338 e. The highest BCUT2D eigenvalue weighted by atomic mass is 79.9. The van der Waals surface area contributed by atoms with Gasteiger partial charge in [-0.2, -0.15) is 0 Å². The van der Waals surface area contributed by atoms with Gasteiger partial charge in [0.05, 0.1) is 5.92 Å². The van der Waals surface area contributed by atoms with Gasteiger partial charge in [-0.15, -0.1) is 0 Å². The average Bonchev–Trinajstić information content (AvgIpc) is 2.64. The fraction of sp³-hybridized carbons (Fsp3) is 0.278. The first-order chi connectivity index (χ1) is 12.0. The van der Waals surface area contributed by atoms with Crippen LogP contribution in [0, 0.1) is 5.92 Å². The zero-order valence-electron chi connectivity index (χ0n) is 13.4. The summed E-state index contributed by atoms with van der Waals surface area (Å²) < 4.78 is 0.850. The van der Waals surface area contributed by atoms with E-state index in [2.05, 4.69) is 26.2 Å². The monoisotopic (exact) mass is 421 g/mol. The normalized spacial score (nSPS) is 17.2. The number of carbonyl (C=O) groups excluding carboxylic acids is 2. The van der Waals surface area contributed by atoms with Gasteiger partial charge in [0.25, 0.3) is 5.91 Å². The molecule has 0 radical (unpaired) electrons. The maximum Gasteiger partial charge on any atom is 0.253 e. The van der Waals surface area contributed by atoms with Crippen LogP contribution in [-0.4, -0.2) is 34.8 Å². The lowest BCUT2D eigenvalue weighted by atomic mass is 9.96. The van der Waals surface area contributed by atoms with E-state index in [1.54, 1.807) is 41.4 Å². The summed E-state index contributed by atoms with van der Waals surface area (Å²) in [4.78, 5) is 31.0. The molecular weight excluding hydrogens is 406 g/mol. The van der Waals surface area contributed by atoms with Crippen molar-refractivity contribution in [3.05, 3.63) is 57.7 Å². The van der Waals surface area contributed by atoms with E-state index in [0.717, 1.165) is 17.3 Å². The molecule has 1 saturated heterocycles. The van der Waals surface area contributed by atoms with Crippen molar-refractivity contribution in [2.24, 2.45) is 5.92 Å². The number of carbonyl (C=O) groups is 2. The van der Waals surface area contributed by atoms with Gasteiger partial charge < -0.3 is 10.2 Å². The summed E-state index contributed by atoms with van der Waals surface area (Å²) in [6.45, 7) is 1.06. The molecule has 3 rings (SSSR count). The third-order valence-corrected chi connectivity index (χ3v) is 4.87. The lowest BCUT2D eigenvalue weighted by Gasteiger charge is -2.32. The molecule has 0 spiro atoms. The molecule has 1 atom stereocenters. The van der Waals surface area contributed by atoms with Gasteiger partial charge in [-0.05, 0) is 65.2 Å². The Bertz CT molecular complexity index is 765. The molecular formula is C18H17BrClN3O2. The van der Waals surface area contributed by atoms with E-state index < -0.39 is 0 Å². The molecule has 0 saturated carbocycles. The molecule has 2 aromatic rings. The van der Waals surface area contributed by atoms with E-state index in [4.69, 9.17) is 11.6 Å². The number of nitrogens with one attached hydrogen (secondary N) is 1. The first-order valence-electron chi connectivity index (χ1n) is 8.00. The Hall–Kier alpha value is -1.92. The number of anilines is 1. The zero-order chi connectivity index (χ0) is 17.8. The molecule has 25 heavy (non-hydrogen) atoms. The number of halogens is 2. The van der Waals surface area contributed by atoms with Crippen LogP contribution in [0.5, 0.6) is 0 Å². The van der Waals surface area contributed by atoms with E-state index in [0.29, 0.717) is 29.5 Å². The highest BCUT2D eigenvalue weighted by Gasteiger charge is 2.29. The quantitative estimate of drug-likeness (QED) is 0.813. The molecule has 7 heteroatoms. The van der Waals surface area contributed by atoms with Gasteiger partial charge in [0, 0.05) is 34.3 Å². The number of pyridine rings is 1. The Labute approximate surface area is 159 Å². The van der Waals surface area contributed by atoms with Crippen LogP contribution in [-0.2, 0) is 4.79 Å². The van der Waals surface area contributed by atoms with Crippen molar-refractivity contribution in [2.75, 3.05) is 18.4 Å². The summed E-state index contributed by atoms with van der Waals surface area (Å²) in [5.41, 5.74) is 0.583. The molecule has 2 heterocycles. The van der Waals surface area contributed by atoms with Gasteiger partial charge in [0.2, 0.25) is 5.91 Å². The number of hydrogen-bond donors (Lipinski definition) is 1. The summed E-state index contributed by atoms with van der Waals surface area (Å²) >= 11 is 9.18. The van der Waals surface area contributed by atoms with Gasteiger partial charge >= 0.3 is 0 Å². The van der Waals surface area contributed by atoms with E-state index in [-0.39, 0.29) is 17.7 Å². The van der Waals surface area contributed by atoms with Crippen LogP contribution in [0.2, 0.25) is 5.02 Å². The molecule has 0 bridgehead atoms. The highest BCUT2D eigenvalue weighted by molar-refractivity contribution is 9.10. The third-order valence-electron chi connectivity index (χ3n) is 4.15. The molecule has 1 aliphatic heterocycles. The second-order valence-corrected chi connectivity index (χ2v) is 7.30. The lowest BCUT2D eigenvalue weighted by molar-refractivity contribution is -0.121. The lowest BCUT2D eigenvalue weighted by Crippen LogP contribution is -2.43. The number of likely N-dealkylation sites (tertiary alicyclic amines) is 1. The number of piperidine rings is 1. The van der Waals surface area contributed by atoms with Crippen molar-refractivity contribution in [2.45, 2.75) is 12.8 Å². The van der Waals surface area contributed by atoms with Gasteiger partial charge in [-0.3, -0.25) is 9.59 Å². The summed E-state index contributed by atoms with van der Waals surface area (Å²) in [6.07, 6.45) is 3.19. The topological polar surface area (TPSA) is 62.3 Å². The van der Waals surface area contributed by atoms with Crippen molar-refractivity contribution >= 4 is 45.2 Å². The maximum atomic E-state index is 12.6. The molecule has 130 valence electrons. The molecule has 1 fully saturated rings. The van der Waals surface area contributed by atoms with Crippen LogP contribution in [0.15, 0.2) is 47.1 Å². The van der Waals surface area contributed by atoms with Gasteiger partial charge in [-0.25, -0.2) is 4.98 Å². The smallest absolute Gasteiger partial charge is 0.253 e. The zero-order valence-corrected chi connectivity index (χ0v) is 15.8. The van der Waals surface area contributed by atoms with Crippen molar-refractivity contribution < 1.29 is 9.59 Å². The number of benzene rings is 1.